The first-order valence-electron chi connectivity index (χ1n) is 6.05. The molecule has 0 radical (unpaired) electrons. The van der Waals surface area contributed by atoms with Gasteiger partial charge in [-0.15, -0.1) is 17.0 Å². The smallest absolute Gasteiger partial charge is 0.143 e. The predicted molar refractivity (Wildman–Crippen MR) is 87.1 cm³/mol. The SMILES string of the molecule is Br.Cc1ccc(O)c2nc(Cc3ccc(Cl)cc3)[nH]c12. The lowest BCUT2D eigenvalue weighted by molar-refractivity contribution is 0.480. The van der Waals surface area contributed by atoms with E-state index in [1.807, 2.05) is 37.3 Å². The second-order valence-electron chi connectivity index (χ2n) is 4.61. The highest BCUT2D eigenvalue weighted by Gasteiger charge is 2.09. The second-order valence-corrected chi connectivity index (χ2v) is 5.05. The van der Waals surface area contributed by atoms with Gasteiger partial charge in [-0.25, -0.2) is 4.98 Å². The van der Waals surface area contributed by atoms with Crippen LogP contribution in [0.5, 0.6) is 5.75 Å². The van der Waals surface area contributed by atoms with Crippen LogP contribution in [-0.4, -0.2) is 15.1 Å². The van der Waals surface area contributed by atoms with E-state index >= 15 is 0 Å². The van der Waals surface area contributed by atoms with Crippen LogP contribution in [0.1, 0.15) is 17.0 Å². The molecule has 0 aliphatic heterocycles. The number of rotatable bonds is 2. The van der Waals surface area contributed by atoms with Gasteiger partial charge in [-0.3, -0.25) is 0 Å². The minimum atomic E-state index is 0. The molecule has 0 saturated carbocycles. The Bertz CT molecular complexity index is 698. The van der Waals surface area contributed by atoms with Crippen LogP contribution in [0.3, 0.4) is 0 Å². The highest BCUT2D eigenvalue weighted by atomic mass is 79.9. The van der Waals surface area contributed by atoms with E-state index in [0.717, 1.165) is 27.5 Å². The van der Waals surface area contributed by atoms with Crippen molar-refractivity contribution in [3.8, 4) is 5.75 Å². The fraction of sp³-hybridized carbons (Fsp3) is 0.133. The first-order valence-corrected chi connectivity index (χ1v) is 6.43. The van der Waals surface area contributed by atoms with Crippen LogP contribution < -0.4 is 0 Å². The number of imidazole rings is 1. The van der Waals surface area contributed by atoms with Crippen LogP contribution in [-0.2, 0) is 6.42 Å². The third-order valence-corrected chi connectivity index (χ3v) is 3.42. The van der Waals surface area contributed by atoms with Crippen LogP contribution in [0.25, 0.3) is 11.0 Å². The first kappa shape index (κ1) is 14.9. The van der Waals surface area contributed by atoms with E-state index in [-0.39, 0.29) is 22.7 Å². The number of nitrogens with zero attached hydrogens (tertiary/aromatic N) is 1. The Morgan fingerprint density at radius 1 is 1.15 bits per heavy atom. The highest BCUT2D eigenvalue weighted by Crippen LogP contribution is 2.25. The quantitative estimate of drug-likeness (QED) is 0.717. The molecular formula is C15H14BrClN2O. The van der Waals surface area contributed by atoms with Crippen molar-refractivity contribution in [2.24, 2.45) is 0 Å². The van der Waals surface area contributed by atoms with Gasteiger partial charge in [0.15, 0.2) is 0 Å². The number of hydrogen-bond acceptors (Lipinski definition) is 2. The fourth-order valence-corrected chi connectivity index (χ4v) is 2.26. The molecule has 0 amide bonds. The number of benzene rings is 2. The summed E-state index contributed by atoms with van der Waals surface area (Å²) < 4.78 is 0. The Morgan fingerprint density at radius 2 is 1.85 bits per heavy atom. The molecule has 2 N–H and O–H groups in total. The molecule has 0 unspecified atom stereocenters. The monoisotopic (exact) mass is 352 g/mol. The molecule has 1 heterocycles. The van der Waals surface area contributed by atoms with Crippen LogP contribution >= 0.6 is 28.6 Å². The van der Waals surface area contributed by atoms with Crippen molar-refractivity contribution >= 4 is 39.6 Å². The lowest BCUT2D eigenvalue weighted by atomic mass is 10.1. The minimum absolute atomic E-state index is 0. The van der Waals surface area contributed by atoms with Gasteiger partial charge in [0.1, 0.15) is 17.1 Å². The predicted octanol–water partition coefficient (Wildman–Crippen LogP) is 4.40. The average Bonchev–Trinajstić information content (AvgIpc) is 2.82. The summed E-state index contributed by atoms with van der Waals surface area (Å²) in [4.78, 5) is 7.72. The zero-order chi connectivity index (χ0) is 13.4. The first-order chi connectivity index (χ1) is 9.13. The van der Waals surface area contributed by atoms with Gasteiger partial charge in [0, 0.05) is 11.4 Å². The molecule has 3 nitrogen and oxygen atoms in total. The van der Waals surface area contributed by atoms with Gasteiger partial charge in [-0.2, -0.15) is 0 Å². The molecular weight excluding hydrogens is 340 g/mol. The summed E-state index contributed by atoms with van der Waals surface area (Å²) in [5.74, 6) is 1.04. The lowest BCUT2D eigenvalue weighted by Gasteiger charge is -1.98. The summed E-state index contributed by atoms with van der Waals surface area (Å²) in [5.41, 5.74) is 3.72. The topological polar surface area (TPSA) is 48.9 Å². The molecule has 3 rings (SSSR count). The number of H-pyrrole nitrogens is 1. The molecule has 0 bridgehead atoms. The van der Waals surface area contributed by atoms with Gasteiger partial charge in [0.25, 0.3) is 0 Å². The lowest BCUT2D eigenvalue weighted by Crippen LogP contribution is -1.89. The van der Waals surface area contributed by atoms with Crippen molar-refractivity contribution < 1.29 is 5.11 Å². The Morgan fingerprint density at radius 3 is 2.50 bits per heavy atom. The van der Waals surface area contributed by atoms with Gasteiger partial charge >= 0.3 is 0 Å². The summed E-state index contributed by atoms with van der Waals surface area (Å²) in [7, 11) is 0. The Balaban J connectivity index is 0.00000147. The average molecular weight is 354 g/mol. The van der Waals surface area contributed by atoms with Gasteiger partial charge < -0.3 is 10.1 Å². The highest BCUT2D eigenvalue weighted by molar-refractivity contribution is 8.93. The molecule has 0 spiro atoms. The number of aromatic amines is 1. The van der Waals surface area contributed by atoms with Crippen LogP contribution in [0.2, 0.25) is 5.02 Å². The standard InChI is InChI=1S/C15H13ClN2O.BrH/c1-9-2-7-12(19)15-14(9)17-13(18-15)8-10-3-5-11(16)6-4-10;/h2-7,19H,8H2,1H3,(H,17,18);1H. The summed E-state index contributed by atoms with van der Waals surface area (Å²) in [5, 5.41) is 10.5. The maximum Gasteiger partial charge on any atom is 0.143 e. The number of fused-ring (bicyclic) bond motifs is 1. The number of aryl methyl sites for hydroxylation is 1. The number of aromatic hydroxyl groups is 1. The second kappa shape index (κ2) is 5.85. The summed E-state index contributed by atoms with van der Waals surface area (Å²) in [6.07, 6.45) is 0.685. The molecule has 2 aromatic carbocycles. The Kier molecular flexibility index (Phi) is 4.35. The zero-order valence-electron chi connectivity index (χ0n) is 10.9. The molecule has 0 aliphatic carbocycles. The van der Waals surface area contributed by atoms with Crippen molar-refractivity contribution in [1.82, 2.24) is 9.97 Å². The Hall–Kier alpha value is -1.52. The van der Waals surface area contributed by atoms with Crippen molar-refractivity contribution in [3.05, 3.63) is 58.4 Å². The molecule has 0 aliphatic rings. The molecule has 3 aromatic rings. The summed E-state index contributed by atoms with van der Waals surface area (Å²) in [6, 6.07) is 11.2. The number of phenolic OH excluding ortho intramolecular Hbond substituents is 1. The summed E-state index contributed by atoms with van der Waals surface area (Å²) in [6.45, 7) is 1.99. The van der Waals surface area contributed by atoms with Gasteiger partial charge in [0.05, 0.1) is 5.52 Å². The third-order valence-electron chi connectivity index (χ3n) is 3.17. The summed E-state index contributed by atoms with van der Waals surface area (Å²) >= 11 is 5.86. The number of nitrogens with one attached hydrogen (secondary N) is 1. The molecule has 0 atom stereocenters. The molecule has 5 heteroatoms. The van der Waals surface area contributed by atoms with E-state index in [4.69, 9.17) is 11.6 Å². The molecule has 20 heavy (non-hydrogen) atoms. The maximum atomic E-state index is 9.81. The van der Waals surface area contributed by atoms with E-state index in [1.165, 1.54) is 0 Å². The minimum Gasteiger partial charge on any atom is -0.506 e. The van der Waals surface area contributed by atoms with E-state index in [1.54, 1.807) is 6.07 Å². The zero-order valence-corrected chi connectivity index (χ0v) is 13.3. The molecule has 0 fully saturated rings. The number of phenols is 1. The number of aromatic nitrogens is 2. The largest absolute Gasteiger partial charge is 0.506 e. The van der Waals surface area contributed by atoms with Crippen LogP contribution in [0.4, 0.5) is 0 Å². The molecule has 104 valence electrons. The van der Waals surface area contributed by atoms with E-state index < -0.39 is 0 Å². The van der Waals surface area contributed by atoms with E-state index in [0.29, 0.717) is 11.9 Å². The normalized spacial score (nSPS) is 10.5. The Labute approximate surface area is 132 Å². The third kappa shape index (κ3) is 2.81. The van der Waals surface area contributed by atoms with E-state index in [2.05, 4.69) is 9.97 Å². The molecule has 0 saturated heterocycles. The van der Waals surface area contributed by atoms with Crippen molar-refractivity contribution in [2.45, 2.75) is 13.3 Å². The van der Waals surface area contributed by atoms with Crippen LogP contribution in [0, 0.1) is 6.92 Å². The van der Waals surface area contributed by atoms with Gasteiger partial charge in [-0.05, 0) is 36.2 Å². The molecule has 1 aromatic heterocycles. The van der Waals surface area contributed by atoms with Gasteiger partial charge in [-0.1, -0.05) is 29.8 Å². The maximum absolute atomic E-state index is 9.81. The number of halogens is 2. The fourth-order valence-electron chi connectivity index (χ4n) is 2.14. The van der Waals surface area contributed by atoms with Crippen molar-refractivity contribution in [1.29, 1.82) is 0 Å². The number of hydrogen-bond donors (Lipinski definition) is 2. The van der Waals surface area contributed by atoms with Crippen LogP contribution in [0.15, 0.2) is 36.4 Å². The van der Waals surface area contributed by atoms with E-state index in [9.17, 15) is 5.11 Å². The van der Waals surface area contributed by atoms with Gasteiger partial charge in [0.2, 0.25) is 0 Å². The van der Waals surface area contributed by atoms with Crippen molar-refractivity contribution in [3.63, 3.8) is 0 Å². The van der Waals surface area contributed by atoms with Crippen molar-refractivity contribution in [2.75, 3.05) is 0 Å².